The number of sulfonamides is 1. The summed E-state index contributed by atoms with van der Waals surface area (Å²) in [5.74, 6) is -0.547. The molecule has 0 aliphatic carbocycles. The predicted octanol–water partition coefficient (Wildman–Crippen LogP) is 1.61. The van der Waals surface area contributed by atoms with Gasteiger partial charge in [-0.1, -0.05) is 19.4 Å². The molecule has 1 heterocycles. The number of hydrazine groups is 1. The second-order valence-electron chi connectivity index (χ2n) is 5.17. The first-order valence-corrected chi connectivity index (χ1v) is 8.78. The van der Waals surface area contributed by atoms with Crippen molar-refractivity contribution in [1.82, 2.24) is 15.2 Å². The number of rotatable bonds is 6. The predicted molar refractivity (Wildman–Crippen MR) is 79.5 cm³/mol. The SMILES string of the molecule is CCNCc1ccc(F)cc1S(=O)(=O)NN1CCCCC1. The van der Waals surface area contributed by atoms with Crippen molar-refractivity contribution in [3.05, 3.63) is 29.6 Å². The molecule has 1 aliphatic heterocycles. The lowest BCUT2D eigenvalue weighted by molar-refractivity contribution is 0.200. The normalized spacial score (nSPS) is 17.0. The van der Waals surface area contributed by atoms with E-state index in [1.807, 2.05) is 6.92 Å². The maximum absolute atomic E-state index is 13.5. The average molecular weight is 315 g/mol. The van der Waals surface area contributed by atoms with E-state index in [0.29, 0.717) is 25.2 Å². The molecule has 1 aliphatic rings. The van der Waals surface area contributed by atoms with E-state index in [9.17, 15) is 12.8 Å². The molecule has 118 valence electrons. The Bertz CT molecular complexity index is 572. The lowest BCUT2D eigenvalue weighted by Gasteiger charge is -2.27. The molecule has 5 nitrogen and oxygen atoms in total. The molecule has 21 heavy (non-hydrogen) atoms. The molecule has 0 atom stereocenters. The molecule has 1 saturated heterocycles. The molecule has 7 heteroatoms. The molecule has 0 bridgehead atoms. The van der Waals surface area contributed by atoms with Gasteiger partial charge in [0.15, 0.2) is 0 Å². The average Bonchev–Trinajstić information content (AvgIpc) is 2.46. The monoisotopic (exact) mass is 315 g/mol. The van der Waals surface area contributed by atoms with Gasteiger partial charge >= 0.3 is 0 Å². The molecule has 0 spiro atoms. The molecule has 0 saturated carbocycles. The maximum Gasteiger partial charge on any atom is 0.253 e. The first kappa shape index (κ1) is 16.4. The number of piperidine rings is 1. The number of benzene rings is 1. The molecule has 1 aromatic rings. The third-order valence-electron chi connectivity index (χ3n) is 3.49. The fourth-order valence-corrected chi connectivity index (χ4v) is 3.76. The van der Waals surface area contributed by atoms with Crippen LogP contribution in [0.1, 0.15) is 31.7 Å². The van der Waals surface area contributed by atoms with Crippen LogP contribution in [0.2, 0.25) is 0 Å². The van der Waals surface area contributed by atoms with Gasteiger partial charge in [0.2, 0.25) is 0 Å². The van der Waals surface area contributed by atoms with Crippen molar-refractivity contribution in [3.63, 3.8) is 0 Å². The van der Waals surface area contributed by atoms with Crippen molar-refractivity contribution >= 4 is 10.0 Å². The molecule has 0 aromatic heterocycles. The van der Waals surface area contributed by atoms with E-state index in [4.69, 9.17) is 0 Å². The van der Waals surface area contributed by atoms with Gasteiger partial charge in [-0.15, -0.1) is 4.83 Å². The zero-order chi connectivity index (χ0) is 15.3. The van der Waals surface area contributed by atoms with E-state index in [0.717, 1.165) is 31.9 Å². The van der Waals surface area contributed by atoms with Crippen molar-refractivity contribution < 1.29 is 12.8 Å². The summed E-state index contributed by atoms with van der Waals surface area (Å²) < 4.78 is 38.4. The molecule has 2 rings (SSSR count). The third kappa shape index (κ3) is 4.47. The first-order valence-electron chi connectivity index (χ1n) is 7.29. The van der Waals surface area contributed by atoms with Crippen LogP contribution in [0, 0.1) is 5.82 Å². The maximum atomic E-state index is 13.5. The second kappa shape index (κ2) is 7.31. The summed E-state index contributed by atoms with van der Waals surface area (Å²) in [5.41, 5.74) is 0.572. The van der Waals surface area contributed by atoms with Gasteiger partial charge in [0, 0.05) is 19.6 Å². The van der Waals surface area contributed by atoms with Crippen LogP contribution in [-0.4, -0.2) is 33.1 Å². The summed E-state index contributed by atoms with van der Waals surface area (Å²) in [6.07, 6.45) is 3.05. The van der Waals surface area contributed by atoms with Crippen LogP contribution < -0.4 is 10.1 Å². The minimum absolute atomic E-state index is 0.00836. The minimum atomic E-state index is -3.75. The Labute approximate surface area is 125 Å². The van der Waals surface area contributed by atoms with Gasteiger partial charge in [-0.05, 0) is 37.1 Å². The molecular weight excluding hydrogens is 293 g/mol. The molecule has 0 radical (unpaired) electrons. The highest BCUT2D eigenvalue weighted by molar-refractivity contribution is 7.89. The summed E-state index contributed by atoms with van der Waals surface area (Å²) in [6.45, 7) is 4.43. The second-order valence-corrected chi connectivity index (χ2v) is 6.80. The van der Waals surface area contributed by atoms with Crippen LogP contribution in [0.25, 0.3) is 0 Å². The Hall–Kier alpha value is -1.02. The number of hydrogen-bond acceptors (Lipinski definition) is 4. The van der Waals surface area contributed by atoms with Crippen molar-refractivity contribution in [2.45, 2.75) is 37.6 Å². The summed E-state index contributed by atoms with van der Waals surface area (Å²) >= 11 is 0. The van der Waals surface area contributed by atoms with E-state index in [2.05, 4.69) is 10.1 Å². The summed E-state index contributed by atoms with van der Waals surface area (Å²) in [6, 6.07) is 3.88. The minimum Gasteiger partial charge on any atom is -0.313 e. The molecule has 0 amide bonds. The van der Waals surface area contributed by atoms with Crippen LogP contribution in [0.5, 0.6) is 0 Å². The van der Waals surface area contributed by atoms with E-state index < -0.39 is 15.8 Å². The van der Waals surface area contributed by atoms with E-state index in [1.54, 1.807) is 5.01 Å². The van der Waals surface area contributed by atoms with Gasteiger partial charge in [-0.3, -0.25) is 0 Å². The fraction of sp³-hybridized carbons (Fsp3) is 0.571. The van der Waals surface area contributed by atoms with Crippen molar-refractivity contribution in [2.24, 2.45) is 0 Å². The quantitative estimate of drug-likeness (QED) is 0.837. The molecular formula is C14H22FN3O2S. The Morgan fingerprint density at radius 1 is 1.24 bits per heavy atom. The summed E-state index contributed by atoms with van der Waals surface area (Å²) in [5, 5.41) is 4.77. The number of nitrogens with one attached hydrogen (secondary N) is 2. The van der Waals surface area contributed by atoms with Crippen molar-refractivity contribution in [1.29, 1.82) is 0 Å². The van der Waals surface area contributed by atoms with Crippen LogP contribution in [0.4, 0.5) is 4.39 Å². The van der Waals surface area contributed by atoms with E-state index in [1.165, 1.54) is 12.1 Å². The highest BCUT2D eigenvalue weighted by atomic mass is 32.2. The molecule has 1 fully saturated rings. The summed E-state index contributed by atoms with van der Waals surface area (Å²) in [7, 11) is -3.75. The Morgan fingerprint density at radius 2 is 1.95 bits per heavy atom. The molecule has 2 N–H and O–H groups in total. The van der Waals surface area contributed by atoms with Gasteiger partial charge in [0.05, 0.1) is 4.90 Å². The van der Waals surface area contributed by atoms with Crippen LogP contribution in [0.3, 0.4) is 0 Å². The largest absolute Gasteiger partial charge is 0.313 e. The fourth-order valence-electron chi connectivity index (χ4n) is 2.39. The number of halogens is 1. The van der Waals surface area contributed by atoms with Gasteiger partial charge < -0.3 is 5.32 Å². The number of nitrogens with zero attached hydrogens (tertiary/aromatic N) is 1. The molecule has 0 unspecified atom stereocenters. The lowest BCUT2D eigenvalue weighted by atomic mass is 10.2. The third-order valence-corrected chi connectivity index (χ3v) is 4.95. The standard InChI is InChI=1S/C14H22FN3O2S/c1-2-16-11-12-6-7-13(15)10-14(12)21(19,20)17-18-8-4-3-5-9-18/h6-7,10,16-17H,2-5,8-9,11H2,1H3. The Morgan fingerprint density at radius 3 is 2.62 bits per heavy atom. The van der Waals surface area contributed by atoms with Gasteiger partial charge in [-0.2, -0.15) is 0 Å². The van der Waals surface area contributed by atoms with Crippen LogP contribution in [0.15, 0.2) is 23.1 Å². The highest BCUT2D eigenvalue weighted by Crippen LogP contribution is 2.18. The summed E-state index contributed by atoms with van der Waals surface area (Å²) in [4.78, 5) is 2.58. The molecule has 1 aromatic carbocycles. The van der Waals surface area contributed by atoms with Gasteiger partial charge in [0.1, 0.15) is 5.82 Å². The Balaban J connectivity index is 2.22. The van der Waals surface area contributed by atoms with Gasteiger partial charge in [-0.25, -0.2) is 17.8 Å². The zero-order valence-electron chi connectivity index (χ0n) is 12.2. The lowest BCUT2D eigenvalue weighted by Crippen LogP contribution is -2.45. The number of hydrogen-bond donors (Lipinski definition) is 2. The Kier molecular flexibility index (Phi) is 5.69. The first-order chi connectivity index (χ1) is 10.0. The van der Waals surface area contributed by atoms with Crippen molar-refractivity contribution in [2.75, 3.05) is 19.6 Å². The highest BCUT2D eigenvalue weighted by Gasteiger charge is 2.23. The van der Waals surface area contributed by atoms with Crippen LogP contribution in [-0.2, 0) is 16.6 Å². The van der Waals surface area contributed by atoms with Crippen molar-refractivity contribution in [3.8, 4) is 0 Å². The zero-order valence-corrected chi connectivity index (χ0v) is 13.0. The van der Waals surface area contributed by atoms with Crippen LogP contribution >= 0.6 is 0 Å². The van der Waals surface area contributed by atoms with Gasteiger partial charge in [0.25, 0.3) is 10.0 Å². The topological polar surface area (TPSA) is 61.4 Å². The smallest absolute Gasteiger partial charge is 0.253 e. The van der Waals surface area contributed by atoms with E-state index >= 15 is 0 Å². The van der Waals surface area contributed by atoms with E-state index in [-0.39, 0.29) is 4.90 Å².